The van der Waals surface area contributed by atoms with Crippen LogP contribution in [0.2, 0.25) is 0 Å². The fourth-order valence-electron chi connectivity index (χ4n) is 7.44. The number of benzene rings is 8. The van der Waals surface area contributed by atoms with E-state index in [9.17, 15) is 0 Å². The highest BCUT2D eigenvalue weighted by atomic mass is 15.0. The van der Waals surface area contributed by atoms with E-state index in [1.54, 1.807) is 0 Å². The van der Waals surface area contributed by atoms with Gasteiger partial charge in [0.25, 0.3) is 0 Å². The van der Waals surface area contributed by atoms with E-state index in [-0.39, 0.29) is 0 Å². The smallest absolute Gasteiger partial charge is 0.164 e. The summed E-state index contributed by atoms with van der Waals surface area (Å²) in [6.45, 7) is 0. The van der Waals surface area contributed by atoms with Gasteiger partial charge in [0.15, 0.2) is 23.3 Å². The summed E-state index contributed by atoms with van der Waals surface area (Å²) in [5, 5.41) is 0. The van der Waals surface area contributed by atoms with Crippen molar-refractivity contribution >= 4 is 0 Å². The van der Waals surface area contributed by atoms with Gasteiger partial charge in [-0.1, -0.05) is 200 Å². The normalized spacial score (nSPS) is 11.0. The minimum absolute atomic E-state index is 0.608. The molecule has 0 amide bonds. The van der Waals surface area contributed by atoms with E-state index >= 15 is 0 Å². The predicted molar refractivity (Wildman–Crippen MR) is 244 cm³/mol. The fourth-order valence-corrected chi connectivity index (χ4v) is 7.44. The van der Waals surface area contributed by atoms with Gasteiger partial charge >= 0.3 is 0 Å². The number of rotatable bonds is 9. The molecule has 0 saturated heterocycles. The molecule has 0 atom stereocenters. The molecule has 0 unspecified atom stereocenters. The molecule has 0 radical (unpaired) electrons. The van der Waals surface area contributed by atoms with E-state index in [4.69, 9.17) is 24.9 Å². The van der Waals surface area contributed by atoms with E-state index in [0.29, 0.717) is 23.3 Å². The lowest BCUT2D eigenvalue weighted by Crippen LogP contribution is -2.00. The van der Waals surface area contributed by atoms with Crippen LogP contribution in [-0.2, 0) is 0 Å². The summed E-state index contributed by atoms with van der Waals surface area (Å²) in [7, 11) is 0. The zero-order valence-electron chi connectivity index (χ0n) is 32.6. The summed E-state index contributed by atoms with van der Waals surface area (Å²) >= 11 is 0. The molecule has 2 aromatic heterocycles. The van der Waals surface area contributed by atoms with Gasteiger partial charge in [-0.25, -0.2) is 24.9 Å². The minimum Gasteiger partial charge on any atom is -0.228 e. The minimum atomic E-state index is 0.608. The molecule has 0 N–H and O–H groups in total. The van der Waals surface area contributed by atoms with E-state index < -0.39 is 0 Å². The molecule has 0 fully saturated rings. The Morgan fingerprint density at radius 3 is 0.883 bits per heavy atom. The topological polar surface area (TPSA) is 64.5 Å². The van der Waals surface area contributed by atoms with Crippen LogP contribution in [0, 0.1) is 0 Å². The SMILES string of the molecule is c1ccc(-c2cccc(-c3cccc(-c4nc(-c5ccccc5)nc(-c5cccc(-c6ccc(-c7cc(-c8ccccc8)nc(-c8ccccc8)n7)cc6)c5)n4)c3)c2)cc1. The van der Waals surface area contributed by atoms with Crippen molar-refractivity contribution in [1.29, 1.82) is 0 Å². The zero-order valence-corrected chi connectivity index (χ0v) is 32.6. The van der Waals surface area contributed by atoms with Crippen molar-refractivity contribution in [2.24, 2.45) is 0 Å². The predicted octanol–water partition coefficient (Wildman–Crippen LogP) is 13.7. The maximum Gasteiger partial charge on any atom is 0.164 e. The first-order valence-corrected chi connectivity index (χ1v) is 20.0. The summed E-state index contributed by atoms with van der Waals surface area (Å²) < 4.78 is 0. The second kappa shape index (κ2) is 16.4. The van der Waals surface area contributed by atoms with Crippen LogP contribution in [0.25, 0.3) is 101 Å². The molecule has 0 saturated carbocycles. The van der Waals surface area contributed by atoms with Crippen LogP contribution in [0.3, 0.4) is 0 Å². The van der Waals surface area contributed by atoms with E-state index in [1.807, 2.05) is 84.9 Å². The molecule has 0 aliphatic rings. The highest BCUT2D eigenvalue weighted by Crippen LogP contribution is 2.33. The lowest BCUT2D eigenvalue weighted by molar-refractivity contribution is 1.07. The van der Waals surface area contributed by atoms with E-state index in [2.05, 4.69) is 140 Å². The van der Waals surface area contributed by atoms with Crippen molar-refractivity contribution in [2.75, 3.05) is 0 Å². The second-order valence-electron chi connectivity index (χ2n) is 14.6. The largest absolute Gasteiger partial charge is 0.228 e. The molecule has 282 valence electrons. The third-order valence-electron chi connectivity index (χ3n) is 10.6. The maximum atomic E-state index is 5.12. The number of aromatic nitrogens is 5. The van der Waals surface area contributed by atoms with Gasteiger partial charge in [-0.2, -0.15) is 0 Å². The number of nitrogens with zero attached hydrogens (tertiary/aromatic N) is 5. The van der Waals surface area contributed by atoms with Gasteiger partial charge < -0.3 is 0 Å². The Bertz CT molecular complexity index is 3000. The van der Waals surface area contributed by atoms with Crippen molar-refractivity contribution in [3.8, 4) is 101 Å². The quantitative estimate of drug-likeness (QED) is 0.146. The average molecular weight is 768 g/mol. The van der Waals surface area contributed by atoms with Gasteiger partial charge in [-0.05, 0) is 57.6 Å². The monoisotopic (exact) mass is 767 g/mol. The lowest BCUT2D eigenvalue weighted by atomic mass is 9.98. The first-order valence-electron chi connectivity index (χ1n) is 20.0. The molecular weight excluding hydrogens is 731 g/mol. The average Bonchev–Trinajstić information content (AvgIpc) is 3.35. The van der Waals surface area contributed by atoms with Crippen LogP contribution >= 0.6 is 0 Å². The molecule has 10 aromatic rings. The number of hydrogen-bond acceptors (Lipinski definition) is 5. The summed E-state index contributed by atoms with van der Waals surface area (Å²) in [6, 6.07) is 77.1. The van der Waals surface area contributed by atoms with E-state index in [0.717, 1.165) is 67.0 Å². The standard InChI is InChI=1S/C55H37N5/c1-5-16-38(17-6-1)44-24-13-26-46(34-44)47-27-15-29-49(36-47)55-59-53(43-22-11-4-12-23-43)58-54(60-55)48-28-14-25-45(35-48)39-30-32-41(33-31-39)51-37-50(40-18-7-2-8-19-40)56-52(57-51)42-20-9-3-10-21-42/h1-37H. The van der Waals surface area contributed by atoms with Gasteiger partial charge in [0, 0.05) is 33.4 Å². The molecule has 10 rings (SSSR count). The molecule has 0 aliphatic carbocycles. The molecular formula is C55H37N5. The molecule has 5 heteroatoms. The molecule has 0 bridgehead atoms. The van der Waals surface area contributed by atoms with Crippen molar-refractivity contribution in [3.63, 3.8) is 0 Å². The van der Waals surface area contributed by atoms with Crippen LogP contribution in [-0.4, -0.2) is 24.9 Å². The Labute approximate surface area is 349 Å². The van der Waals surface area contributed by atoms with Crippen LogP contribution in [0.15, 0.2) is 224 Å². The summed E-state index contributed by atoms with van der Waals surface area (Å²) in [4.78, 5) is 25.2. The van der Waals surface area contributed by atoms with Crippen molar-refractivity contribution in [2.45, 2.75) is 0 Å². The lowest BCUT2D eigenvalue weighted by Gasteiger charge is -2.12. The van der Waals surface area contributed by atoms with Crippen LogP contribution in [0.4, 0.5) is 0 Å². The van der Waals surface area contributed by atoms with Crippen molar-refractivity contribution in [1.82, 2.24) is 24.9 Å². The molecule has 2 heterocycles. The zero-order chi connectivity index (χ0) is 40.1. The highest BCUT2D eigenvalue weighted by molar-refractivity contribution is 5.79. The first kappa shape index (κ1) is 36.2. The third-order valence-corrected chi connectivity index (χ3v) is 10.6. The first-order chi connectivity index (χ1) is 29.7. The van der Waals surface area contributed by atoms with Gasteiger partial charge in [-0.3, -0.25) is 0 Å². The Kier molecular flexibility index (Phi) is 9.88. The summed E-state index contributed by atoms with van der Waals surface area (Å²) in [5.41, 5.74) is 14.2. The third kappa shape index (κ3) is 7.76. The molecule has 60 heavy (non-hydrogen) atoms. The van der Waals surface area contributed by atoms with Crippen LogP contribution < -0.4 is 0 Å². The van der Waals surface area contributed by atoms with Crippen molar-refractivity contribution in [3.05, 3.63) is 224 Å². The second-order valence-corrected chi connectivity index (χ2v) is 14.6. The Morgan fingerprint density at radius 1 is 0.167 bits per heavy atom. The highest BCUT2D eigenvalue weighted by Gasteiger charge is 2.15. The summed E-state index contributed by atoms with van der Waals surface area (Å²) in [6.07, 6.45) is 0. The summed E-state index contributed by atoms with van der Waals surface area (Å²) in [5.74, 6) is 2.54. The molecule has 5 nitrogen and oxygen atoms in total. The van der Waals surface area contributed by atoms with Gasteiger partial charge in [0.1, 0.15) is 0 Å². The maximum absolute atomic E-state index is 5.12. The molecule has 0 spiro atoms. The van der Waals surface area contributed by atoms with Crippen LogP contribution in [0.5, 0.6) is 0 Å². The van der Waals surface area contributed by atoms with Gasteiger partial charge in [0.05, 0.1) is 11.4 Å². The molecule has 0 aliphatic heterocycles. The van der Waals surface area contributed by atoms with Gasteiger partial charge in [-0.15, -0.1) is 0 Å². The van der Waals surface area contributed by atoms with Crippen LogP contribution in [0.1, 0.15) is 0 Å². The van der Waals surface area contributed by atoms with E-state index in [1.165, 1.54) is 11.1 Å². The van der Waals surface area contributed by atoms with Gasteiger partial charge in [0.2, 0.25) is 0 Å². The number of hydrogen-bond donors (Lipinski definition) is 0. The molecule has 8 aromatic carbocycles. The van der Waals surface area contributed by atoms with Crippen molar-refractivity contribution < 1.29 is 0 Å². The fraction of sp³-hybridized carbons (Fsp3) is 0. The Morgan fingerprint density at radius 2 is 0.433 bits per heavy atom. The Balaban J connectivity index is 0.998. The Hall–Kier alpha value is -8.15.